The second kappa shape index (κ2) is 9.65. The van der Waals surface area contributed by atoms with Crippen LogP contribution >= 0.6 is 11.6 Å². The Kier molecular flexibility index (Phi) is 6.98. The molecular formula is C21H26ClN5. The van der Waals surface area contributed by atoms with Crippen LogP contribution in [-0.2, 0) is 13.1 Å². The van der Waals surface area contributed by atoms with Gasteiger partial charge >= 0.3 is 0 Å². The molecule has 0 fully saturated rings. The molecule has 0 saturated carbocycles. The van der Waals surface area contributed by atoms with Crippen LogP contribution in [0.3, 0.4) is 0 Å². The van der Waals surface area contributed by atoms with E-state index in [1.54, 1.807) is 4.80 Å². The fourth-order valence-corrected chi connectivity index (χ4v) is 3.09. The highest BCUT2D eigenvalue weighted by atomic mass is 35.5. The molecule has 0 aliphatic rings. The standard InChI is InChI=1S/C21H26ClN5/c1-26(2)14-8-13-23-15-20-21(17-9-4-3-5-10-17)25-27(24-20)16-18-11-6-7-12-19(18)22/h3-7,9-12,23H,8,13-16H2,1-2H3. The minimum Gasteiger partial charge on any atom is -0.311 e. The van der Waals surface area contributed by atoms with Crippen LogP contribution in [0.1, 0.15) is 17.7 Å². The molecule has 0 unspecified atom stereocenters. The van der Waals surface area contributed by atoms with E-state index < -0.39 is 0 Å². The molecule has 27 heavy (non-hydrogen) atoms. The number of halogens is 1. The van der Waals surface area contributed by atoms with E-state index in [0.29, 0.717) is 13.1 Å². The van der Waals surface area contributed by atoms with E-state index in [4.69, 9.17) is 21.8 Å². The third-order valence-corrected chi connectivity index (χ3v) is 4.66. The van der Waals surface area contributed by atoms with Gasteiger partial charge in [0, 0.05) is 17.1 Å². The molecule has 0 radical (unpaired) electrons. The molecule has 0 saturated heterocycles. The monoisotopic (exact) mass is 383 g/mol. The summed E-state index contributed by atoms with van der Waals surface area (Å²) in [7, 11) is 4.18. The summed E-state index contributed by atoms with van der Waals surface area (Å²) in [5, 5.41) is 13.7. The van der Waals surface area contributed by atoms with Gasteiger partial charge in [0.1, 0.15) is 11.4 Å². The first kappa shape index (κ1) is 19.5. The number of hydrogen-bond acceptors (Lipinski definition) is 4. The molecule has 0 atom stereocenters. The lowest BCUT2D eigenvalue weighted by atomic mass is 10.1. The molecule has 1 heterocycles. The highest BCUT2D eigenvalue weighted by molar-refractivity contribution is 6.31. The van der Waals surface area contributed by atoms with Crippen LogP contribution in [0.25, 0.3) is 11.3 Å². The number of rotatable bonds is 9. The van der Waals surface area contributed by atoms with Crippen molar-refractivity contribution in [3.05, 3.63) is 70.9 Å². The Morgan fingerprint density at radius 2 is 1.74 bits per heavy atom. The van der Waals surface area contributed by atoms with Crippen molar-refractivity contribution in [2.24, 2.45) is 0 Å². The van der Waals surface area contributed by atoms with Gasteiger partial charge in [0.2, 0.25) is 0 Å². The zero-order chi connectivity index (χ0) is 19.1. The van der Waals surface area contributed by atoms with E-state index in [0.717, 1.165) is 47.0 Å². The van der Waals surface area contributed by atoms with Crippen molar-refractivity contribution in [3.63, 3.8) is 0 Å². The fourth-order valence-electron chi connectivity index (χ4n) is 2.90. The van der Waals surface area contributed by atoms with Crippen LogP contribution in [0.15, 0.2) is 54.6 Å². The van der Waals surface area contributed by atoms with Gasteiger partial charge < -0.3 is 10.2 Å². The van der Waals surface area contributed by atoms with Crippen molar-refractivity contribution in [2.45, 2.75) is 19.5 Å². The summed E-state index contributed by atoms with van der Waals surface area (Å²) in [6.45, 7) is 3.27. The number of nitrogens with zero attached hydrogens (tertiary/aromatic N) is 4. The van der Waals surface area contributed by atoms with Crippen molar-refractivity contribution < 1.29 is 0 Å². The Bertz CT molecular complexity index is 845. The van der Waals surface area contributed by atoms with Crippen LogP contribution in [0, 0.1) is 0 Å². The first-order valence-electron chi connectivity index (χ1n) is 9.22. The van der Waals surface area contributed by atoms with Crippen molar-refractivity contribution in [1.82, 2.24) is 25.2 Å². The van der Waals surface area contributed by atoms with E-state index in [1.807, 2.05) is 42.5 Å². The minimum absolute atomic E-state index is 0.556. The summed E-state index contributed by atoms with van der Waals surface area (Å²) in [5.41, 5.74) is 3.97. The molecule has 1 N–H and O–H groups in total. The molecule has 3 aromatic rings. The Hall–Kier alpha value is -2.21. The normalized spacial score (nSPS) is 11.3. The molecule has 1 aromatic heterocycles. The van der Waals surface area contributed by atoms with E-state index in [1.165, 1.54) is 0 Å². The Balaban J connectivity index is 1.76. The molecule has 0 bridgehead atoms. The Labute approximate surface area is 166 Å². The SMILES string of the molecule is CN(C)CCCNCc1nn(Cc2ccccc2Cl)nc1-c1ccccc1. The van der Waals surface area contributed by atoms with Gasteiger partial charge in [-0.15, -0.1) is 0 Å². The van der Waals surface area contributed by atoms with E-state index in [2.05, 4.69) is 36.4 Å². The van der Waals surface area contributed by atoms with Crippen molar-refractivity contribution in [1.29, 1.82) is 0 Å². The third-order valence-electron chi connectivity index (χ3n) is 4.29. The van der Waals surface area contributed by atoms with E-state index in [9.17, 15) is 0 Å². The number of hydrogen-bond donors (Lipinski definition) is 1. The second-order valence-electron chi connectivity index (χ2n) is 6.82. The predicted molar refractivity (Wildman–Crippen MR) is 111 cm³/mol. The van der Waals surface area contributed by atoms with Crippen LogP contribution in [0.4, 0.5) is 0 Å². The average Bonchev–Trinajstić information content (AvgIpc) is 3.06. The quantitative estimate of drug-likeness (QED) is 0.572. The van der Waals surface area contributed by atoms with Crippen LogP contribution in [0.5, 0.6) is 0 Å². The van der Waals surface area contributed by atoms with Gasteiger partial charge in [0.15, 0.2) is 0 Å². The molecule has 0 amide bonds. The molecule has 6 heteroatoms. The van der Waals surface area contributed by atoms with Gasteiger partial charge in [-0.25, -0.2) is 0 Å². The van der Waals surface area contributed by atoms with Gasteiger partial charge in [-0.3, -0.25) is 0 Å². The maximum Gasteiger partial charge on any atom is 0.117 e. The fraction of sp³-hybridized carbons (Fsp3) is 0.333. The predicted octanol–water partition coefficient (Wildman–Crippen LogP) is 3.69. The van der Waals surface area contributed by atoms with E-state index >= 15 is 0 Å². The van der Waals surface area contributed by atoms with Crippen molar-refractivity contribution in [2.75, 3.05) is 27.2 Å². The summed E-state index contributed by atoms with van der Waals surface area (Å²) >= 11 is 6.30. The highest BCUT2D eigenvalue weighted by Gasteiger charge is 2.13. The molecular weight excluding hydrogens is 358 g/mol. The molecule has 3 rings (SSSR count). The first-order chi connectivity index (χ1) is 13.1. The molecule has 0 spiro atoms. The molecule has 2 aromatic carbocycles. The van der Waals surface area contributed by atoms with Crippen LogP contribution < -0.4 is 5.32 Å². The summed E-state index contributed by atoms with van der Waals surface area (Å²) in [4.78, 5) is 3.93. The van der Waals surface area contributed by atoms with Gasteiger partial charge in [0.25, 0.3) is 0 Å². The zero-order valence-corrected chi connectivity index (χ0v) is 16.7. The van der Waals surface area contributed by atoms with Gasteiger partial charge in [0.05, 0.1) is 6.54 Å². The molecule has 5 nitrogen and oxygen atoms in total. The lowest BCUT2D eigenvalue weighted by Gasteiger charge is -2.09. The maximum absolute atomic E-state index is 6.30. The second-order valence-corrected chi connectivity index (χ2v) is 7.22. The average molecular weight is 384 g/mol. The molecule has 0 aliphatic carbocycles. The highest BCUT2D eigenvalue weighted by Crippen LogP contribution is 2.21. The summed E-state index contributed by atoms with van der Waals surface area (Å²) in [5.74, 6) is 0. The summed E-state index contributed by atoms with van der Waals surface area (Å²) in [6.07, 6.45) is 1.10. The number of aromatic nitrogens is 3. The van der Waals surface area contributed by atoms with Crippen molar-refractivity contribution in [3.8, 4) is 11.3 Å². The first-order valence-corrected chi connectivity index (χ1v) is 9.59. The number of nitrogens with one attached hydrogen (secondary N) is 1. The summed E-state index contributed by atoms with van der Waals surface area (Å²) in [6, 6.07) is 18.0. The smallest absolute Gasteiger partial charge is 0.117 e. The van der Waals surface area contributed by atoms with Gasteiger partial charge in [-0.2, -0.15) is 15.0 Å². The van der Waals surface area contributed by atoms with E-state index in [-0.39, 0.29) is 0 Å². The Morgan fingerprint density at radius 1 is 1.00 bits per heavy atom. The van der Waals surface area contributed by atoms with Crippen LogP contribution in [0.2, 0.25) is 5.02 Å². The lowest BCUT2D eigenvalue weighted by molar-refractivity contribution is 0.394. The van der Waals surface area contributed by atoms with Gasteiger partial charge in [-0.1, -0.05) is 60.1 Å². The topological polar surface area (TPSA) is 46.0 Å². The minimum atomic E-state index is 0.556. The third kappa shape index (κ3) is 5.63. The Morgan fingerprint density at radius 3 is 2.48 bits per heavy atom. The molecule has 0 aliphatic heterocycles. The molecule has 142 valence electrons. The van der Waals surface area contributed by atoms with Crippen LogP contribution in [-0.4, -0.2) is 47.1 Å². The number of benzene rings is 2. The maximum atomic E-state index is 6.30. The lowest BCUT2D eigenvalue weighted by Crippen LogP contribution is -2.21. The van der Waals surface area contributed by atoms with Gasteiger partial charge in [-0.05, 0) is 45.2 Å². The zero-order valence-electron chi connectivity index (χ0n) is 15.9. The summed E-state index contributed by atoms with van der Waals surface area (Å²) < 4.78 is 0. The van der Waals surface area contributed by atoms with Crippen molar-refractivity contribution >= 4 is 11.6 Å². The largest absolute Gasteiger partial charge is 0.311 e.